The number of imidazole rings is 2. The Morgan fingerprint density at radius 3 is 1.47 bits per heavy atom. The molecule has 4 aliphatic rings. The Balaban J connectivity index is 0.771. The smallest absolute Gasteiger partial charge is 0.315 e. The van der Waals surface area contributed by atoms with Gasteiger partial charge >= 0.3 is 6.03 Å². The second-order valence-electron chi connectivity index (χ2n) is 16.3. The van der Waals surface area contributed by atoms with Crippen LogP contribution in [0.3, 0.4) is 0 Å². The van der Waals surface area contributed by atoms with Gasteiger partial charge in [-0.3, -0.25) is 0 Å². The van der Waals surface area contributed by atoms with E-state index in [4.69, 9.17) is 21.4 Å². The minimum Gasteiger partial charge on any atom is -0.390 e. The fourth-order valence-electron chi connectivity index (χ4n) is 9.22. The predicted molar refractivity (Wildman–Crippen MR) is 214 cm³/mol. The van der Waals surface area contributed by atoms with Gasteiger partial charge in [0.2, 0.25) is 11.9 Å². The molecule has 328 valence electrons. The fourth-order valence-corrected chi connectivity index (χ4v) is 9.22. The van der Waals surface area contributed by atoms with Crippen LogP contribution in [-0.2, 0) is 13.2 Å². The van der Waals surface area contributed by atoms with Crippen molar-refractivity contribution in [2.24, 2.45) is 0 Å². The molecule has 27 nitrogen and oxygen atoms in total. The van der Waals surface area contributed by atoms with Crippen LogP contribution in [0.5, 0.6) is 0 Å². The van der Waals surface area contributed by atoms with Crippen molar-refractivity contribution in [3.05, 3.63) is 36.4 Å². The number of fused-ring (bicyclic) bond motifs is 2. The molecule has 2 saturated carbocycles. The summed E-state index contributed by atoms with van der Waals surface area (Å²) in [5.74, 6) is 0.963. The van der Waals surface area contributed by atoms with Crippen molar-refractivity contribution in [2.45, 2.75) is 99.6 Å². The van der Waals surface area contributed by atoms with E-state index in [1.807, 2.05) is 9.80 Å². The molecule has 0 aromatic carbocycles. The molecule has 10 unspecified atom stereocenters. The molecule has 4 fully saturated rings. The highest BCUT2D eigenvalue weighted by Gasteiger charge is 2.47. The first-order chi connectivity index (χ1) is 30.0. The topological polar surface area (TPSA) is 370 Å². The zero-order valence-electron chi connectivity index (χ0n) is 33.1. The van der Waals surface area contributed by atoms with Crippen LogP contribution in [0.15, 0.2) is 25.0 Å². The molecule has 0 spiro atoms. The summed E-state index contributed by atoms with van der Waals surface area (Å²) in [6.07, 6.45) is 2.81. The van der Waals surface area contributed by atoms with E-state index in [1.54, 1.807) is 9.13 Å². The largest absolute Gasteiger partial charge is 0.390 e. The zero-order valence-corrected chi connectivity index (χ0v) is 33.1. The lowest BCUT2D eigenvalue weighted by Gasteiger charge is -2.21. The van der Waals surface area contributed by atoms with Crippen molar-refractivity contribution < 1.29 is 35.4 Å². The van der Waals surface area contributed by atoms with E-state index in [2.05, 4.69) is 51.0 Å². The van der Waals surface area contributed by atoms with Crippen molar-refractivity contribution in [1.29, 1.82) is 0 Å². The minimum absolute atomic E-state index is 0.147. The molecule has 12 N–H and O–H groups in total. The summed E-state index contributed by atoms with van der Waals surface area (Å²) in [5, 5.41) is 85.7. The number of carbonyl (C=O) groups is 1. The molecule has 0 radical (unpaired) electrons. The van der Waals surface area contributed by atoms with Gasteiger partial charge in [0.05, 0.1) is 50.3 Å². The Hall–Kier alpha value is -6.39. The van der Waals surface area contributed by atoms with Gasteiger partial charge in [-0.1, -0.05) is 0 Å². The Morgan fingerprint density at radius 1 is 0.645 bits per heavy atom. The molecule has 6 aromatic heterocycles. The van der Waals surface area contributed by atoms with E-state index >= 15 is 0 Å². The second kappa shape index (κ2) is 15.5. The summed E-state index contributed by atoms with van der Waals surface area (Å²) in [5.41, 5.74) is 14.9. The third-order valence-electron chi connectivity index (χ3n) is 12.5. The van der Waals surface area contributed by atoms with Gasteiger partial charge in [0.1, 0.15) is 58.9 Å². The average molecular weight is 859 g/mol. The third-order valence-corrected chi connectivity index (χ3v) is 12.5. The predicted octanol–water partition coefficient (Wildman–Crippen LogP) is -3.73. The molecule has 62 heavy (non-hydrogen) atoms. The van der Waals surface area contributed by atoms with E-state index in [1.165, 1.54) is 34.6 Å². The first-order valence-corrected chi connectivity index (χ1v) is 20.3. The molecule has 2 saturated heterocycles. The summed E-state index contributed by atoms with van der Waals surface area (Å²) in [4.78, 5) is 47.1. The maximum absolute atomic E-state index is 13.3. The summed E-state index contributed by atoms with van der Waals surface area (Å²) in [6.45, 7) is 1.28. The SMILES string of the molecule is Nc1nc(N2CCC(NC(=O)NC3CCN(c4nc(N)c5ncn(C6CC(n7ncc(CO)n7)C(O)C6O)c5n4)C3)C2)nc2c1ncn2C1CC(n2ncc(CO)n2)C(O)C1O. The van der Waals surface area contributed by atoms with Crippen molar-refractivity contribution in [3.63, 3.8) is 0 Å². The molecular weight excluding hydrogens is 813 g/mol. The molecule has 0 bridgehead atoms. The number of hydrogen-bond acceptors (Lipinski definition) is 21. The van der Waals surface area contributed by atoms with Crippen molar-refractivity contribution >= 4 is 51.9 Å². The summed E-state index contributed by atoms with van der Waals surface area (Å²) >= 11 is 0. The average Bonchev–Trinajstić information content (AvgIpc) is 4.12. The molecule has 8 heterocycles. The lowest BCUT2D eigenvalue weighted by Crippen LogP contribution is -2.48. The Kier molecular flexibility index (Phi) is 9.94. The van der Waals surface area contributed by atoms with E-state index in [0.29, 0.717) is 84.6 Å². The number of carbonyl (C=O) groups excluding carboxylic acids is 1. The van der Waals surface area contributed by atoms with Crippen molar-refractivity contribution in [2.75, 3.05) is 47.4 Å². The Bertz CT molecular complexity index is 2440. The number of aliphatic hydroxyl groups excluding tert-OH is 6. The van der Waals surface area contributed by atoms with Crippen molar-refractivity contribution in [3.8, 4) is 0 Å². The lowest BCUT2D eigenvalue weighted by atomic mass is 10.2. The Morgan fingerprint density at radius 2 is 1.06 bits per heavy atom. The van der Waals surface area contributed by atoms with Crippen LogP contribution in [0.4, 0.5) is 28.3 Å². The first kappa shape index (κ1) is 39.7. The maximum Gasteiger partial charge on any atom is 0.315 e. The number of aromatic nitrogens is 14. The number of rotatable bonds is 10. The minimum atomic E-state index is -1.19. The third kappa shape index (κ3) is 6.81. The molecule has 2 aliphatic carbocycles. The van der Waals surface area contributed by atoms with Gasteiger partial charge in [0.15, 0.2) is 22.9 Å². The molecule has 6 aromatic rings. The summed E-state index contributed by atoms with van der Waals surface area (Å²) in [7, 11) is 0. The van der Waals surface area contributed by atoms with Gasteiger partial charge in [-0.25, -0.2) is 14.8 Å². The normalized spacial score (nSPS) is 28.9. The number of nitrogens with two attached hydrogens (primary N) is 2. The standard InChI is InChI=1S/C35H46N20O7/c36-29-23-31(52(13-38-23)19-5-21(27(60)25(19)58)54-40-7-17(11-56)48-54)46-33(44-29)50-3-1-15(9-50)42-35(62)43-16-2-4-51(10-16)34-45-30(37)24-32(47-34)53(14-39-24)20-6-22(28(61)26(20)59)55-41-8-18(12-57)49-55/h7-8,13-16,19-22,25-28,56-61H,1-6,9-12H2,(H2,36,44,46)(H2,37,45,47)(H2,42,43,62). The quantitative estimate of drug-likeness (QED) is 0.0633. The summed E-state index contributed by atoms with van der Waals surface area (Å²) in [6, 6.07) is -3.37. The van der Waals surface area contributed by atoms with Crippen LogP contribution < -0.4 is 31.9 Å². The number of nitrogens with zero attached hydrogens (tertiary/aromatic N) is 16. The molecule has 2 amide bonds. The van der Waals surface area contributed by atoms with E-state index in [0.717, 1.165) is 0 Å². The highest BCUT2D eigenvalue weighted by molar-refractivity contribution is 5.84. The van der Waals surface area contributed by atoms with Crippen LogP contribution >= 0.6 is 0 Å². The number of nitrogens with one attached hydrogen (secondary N) is 2. The first-order valence-electron chi connectivity index (χ1n) is 20.3. The van der Waals surface area contributed by atoms with Crippen LogP contribution in [0.2, 0.25) is 0 Å². The number of anilines is 4. The number of urea groups is 1. The van der Waals surface area contributed by atoms with E-state index < -0.39 is 48.6 Å². The molecule has 10 rings (SSSR count). The van der Waals surface area contributed by atoms with Crippen LogP contribution in [0, 0.1) is 0 Å². The van der Waals surface area contributed by atoms with Gasteiger partial charge in [-0.2, -0.15) is 49.9 Å². The maximum atomic E-state index is 13.3. The van der Waals surface area contributed by atoms with Gasteiger partial charge in [-0.15, -0.1) is 0 Å². The number of aliphatic hydroxyl groups is 6. The van der Waals surface area contributed by atoms with Gasteiger partial charge < -0.3 is 71.7 Å². The fraction of sp³-hybridized carbons (Fsp3) is 0.571. The second-order valence-corrected chi connectivity index (χ2v) is 16.3. The molecular formula is C35H46N20O7. The number of hydrogen-bond donors (Lipinski definition) is 10. The molecule has 27 heteroatoms. The van der Waals surface area contributed by atoms with Crippen LogP contribution in [-0.4, -0.2) is 168 Å². The lowest BCUT2D eigenvalue weighted by molar-refractivity contribution is 0.00491. The van der Waals surface area contributed by atoms with Gasteiger partial charge in [0.25, 0.3) is 0 Å². The van der Waals surface area contributed by atoms with Crippen molar-refractivity contribution in [1.82, 2.24) is 79.7 Å². The van der Waals surface area contributed by atoms with Gasteiger partial charge in [-0.05, 0) is 25.7 Å². The summed E-state index contributed by atoms with van der Waals surface area (Å²) < 4.78 is 3.35. The molecule has 2 aliphatic heterocycles. The zero-order chi connectivity index (χ0) is 43.0. The monoisotopic (exact) mass is 858 g/mol. The molecule has 10 atom stereocenters. The highest BCUT2D eigenvalue weighted by atomic mass is 16.3. The van der Waals surface area contributed by atoms with Crippen LogP contribution in [0.25, 0.3) is 22.3 Å². The Labute approximate surface area is 350 Å². The highest BCUT2D eigenvalue weighted by Crippen LogP contribution is 2.41. The van der Waals surface area contributed by atoms with E-state index in [9.17, 15) is 35.4 Å². The van der Waals surface area contributed by atoms with Crippen LogP contribution in [0.1, 0.15) is 61.2 Å². The van der Waals surface area contributed by atoms with Gasteiger partial charge in [0, 0.05) is 38.3 Å². The number of amides is 2. The number of nitrogen functional groups attached to an aromatic ring is 2. The van der Waals surface area contributed by atoms with E-state index in [-0.39, 0.29) is 55.8 Å².